The van der Waals surface area contributed by atoms with Crippen molar-refractivity contribution < 1.29 is 4.79 Å². The van der Waals surface area contributed by atoms with Crippen LogP contribution in [-0.2, 0) is 4.79 Å². The molecule has 0 unspecified atom stereocenters. The Hall–Kier alpha value is -1.73. The van der Waals surface area contributed by atoms with Gasteiger partial charge < -0.3 is 10.6 Å². The van der Waals surface area contributed by atoms with Crippen LogP contribution in [0, 0.1) is 18.3 Å². The Morgan fingerprint density at radius 3 is 3.00 bits per heavy atom. The van der Waals surface area contributed by atoms with Gasteiger partial charge in [-0.1, -0.05) is 17.7 Å². The molecule has 1 amide bonds. The Bertz CT molecular complexity index is 440. The number of carbonyl (C=O) groups excluding carboxylic acids is 1. The lowest BCUT2D eigenvalue weighted by Gasteiger charge is -2.09. The molecule has 0 spiro atoms. The molecule has 0 bridgehead atoms. The fraction of sp³-hybridized carbons (Fsp3) is 0.333. The van der Waals surface area contributed by atoms with E-state index in [1.807, 2.05) is 19.1 Å². The second-order valence-corrected chi connectivity index (χ2v) is 4.01. The van der Waals surface area contributed by atoms with Gasteiger partial charge in [-0.2, -0.15) is 5.26 Å². The van der Waals surface area contributed by atoms with Crippen LogP contribution in [0.5, 0.6) is 0 Å². The van der Waals surface area contributed by atoms with Crippen LogP contribution in [0.2, 0.25) is 5.02 Å². The molecule has 0 aliphatic rings. The molecule has 1 aromatic carbocycles. The van der Waals surface area contributed by atoms with E-state index in [4.69, 9.17) is 16.9 Å². The van der Waals surface area contributed by atoms with Crippen molar-refractivity contribution in [1.82, 2.24) is 5.32 Å². The summed E-state index contributed by atoms with van der Waals surface area (Å²) in [7, 11) is 0. The normalized spacial score (nSPS) is 9.47. The van der Waals surface area contributed by atoms with Crippen LogP contribution in [0.25, 0.3) is 0 Å². The molecule has 0 fully saturated rings. The minimum atomic E-state index is -0.139. The van der Waals surface area contributed by atoms with Crippen molar-refractivity contribution in [2.45, 2.75) is 13.3 Å². The Balaban J connectivity index is 2.42. The SMILES string of the molecule is Cc1ccc(Cl)cc1NCC(=O)NCCC#N. The average Bonchev–Trinajstić information content (AvgIpc) is 2.31. The number of benzene rings is 1. The first-order valence-corrected chi connectivity index (χ1v) is 5.65. The highest BCUT2D eigenvalue weighted by molar-refractivity contribution is 6.30. The number of rotatable bonds is 5. The lowest BCUT2D eigenvalue weighted by molar-refractivity contribution is -0.119. The number of nitrogens with one attached hydrogen (secondary N) is 2. The molecule has 0 aliphatic carbocycles. The van der Waals surface area contributed by atoms with Crippen LogP contribution >= 0.6 is 11.6 Å². The summed E-state index contributed by atoms with van der Waals surface area (Å²) in [5.74, 6) is -0.139. The van der Waals surface area contributed by atoms with Gasteiger partial charge in [0.05, 0.1) is 19.0 Å². The number of nitriles is 1. The molecule has 4 nitrogen and oxygen atoms in total. The predicted molar refractivity (Wildman–Crippen MR) is 67.9 cm³/mol. The second kappa shape index (κ2) is 6.77. The topological polar surface area (TPSA) is 64.9 Å². The number of hydrogen-bond acceptors (Lipinski definition) is 3. The van der Waals surface area contributed by atoms with Crippen LogP contribution < -0.4 is 10.6 Å². The molecule has 0 aliphatic heterocycles. The number of halogens is 1. The van der Waals surface area contributed by atoms with Gasteiger partial charge in [-0.3, -0.25) is 4.79 Å². The highest BCUT2D eigenvalue weighted by Gasteiger charge is 2.02. The van der Waals surface area contributed by atoms with E-state index in [2.05, 4.69) is 10.6 Å². The molecule has 0 saturated heterocycles. The van der Waals surface area contributed by atoms with E-state index in [1.165, 1.54) is 0 Å². The lowest BCUT2D eigenvalue weighted by atomic mass is 10.2. The van der Waals surface area contributed by atoms with E-state index in [0.717, 1.165) is 11.3 Å². The Kier molecular flexibility index (Phi) is 5.31. The summed E-state index contributed by atoms with van der Waals surface area (Å²) in [5, 5.41) is 14.6. The zero-order valence-electron chi connectivity index (χ0n) is 9.59. The smallest absolute Gasteiger partial charge is 0.239 e. The molecule has 0 saturated carbocycles. The van der Waals surface area contributed by atoms with Crippen molar-refractivity contribution in [1.29, 1.82) is 5.26 Å². The minimum absolute atomic E-state index is 0.139. The number of carbonyl (C=O) groups is 1. The standard InChI is InChI=1S/C12H14ClN3O/c1-9-3-4-10(13)7-11(9)16-8-12(17)15-6-2-5-14/h3-4,7,16H,2,6,8H2,1H3,(H,15,17). The summed E-state index contributed by atoms with van der Waals surface area (Å²) < 4.78 is 0. The average molecular weight is 252 g/mol. The molecule has 1 rings (SSSR count). The van der Waals surface area contributed by atoms with Crippen LogP contribution in [0.4, 0.5) is 5.69 Å². The van der Waals surface area contributed by atoms with Crippen molar-refractivity contribution in [2.24, 2.45) is 0 Å². The maximum atomic E-state index is 11.4. The maximum absolute atomic E-state index is 11.4. The van der Waals surface area contributed by atoms with Gasteiger partial charge in [0.2, 0.25) is 5.91 Å². The summed E-state index contributed by atoms with van der Waals surface area (Å²) >= 11 is 5.86. The van der Waals surface area contributed by atoms with Crippen LogP contribution in [-0.4, -0.2) is 19.0 Å². The Labute approximate surface area is 106 Å². The molecule has 5 heteroatoms. The largest absolute Gasteiger partial charge is 0.376 e. The molecule has 0 atom stereocenters. The molecular formula is C12H14ClN3O. The second-order valence-electron chi connectivity index (χ2n) is 3.57. The monoisotopic (exact) mass is 251 g/mol. The molecule has 17 heavy (non-hydrogen) atoms. The van der Waals surface area contributed by atoms with E-state index < -0.39 is 0 Å². The highest BCUT2D eigenvalue weighted by Crippen LogP contribution is 2.19. The third kappa shape index (κ3) is 4.75. The van der Waals surface area contributed by atoms with Gasteiger partial charge in [0, 0.05) is 17.3 Å². The zero-order valence-corrected chi connectivity index (χ0v) is 10.3. The van der Waals surface area contributed by atoms with Gasteiger partial charge in [0.1, 0.15) is 0 Å². The van der Waals surface area contributed by atoms with Crippen molar-refractivity contribution in [2.75, 3.05) is 18.4 Å². The van der Waals surface area contributed by atoms with Gasteiger partial charge in [-0.15, -0.1) is 0 Å². The summed E-state index contributed by atoms with van der Waals surface area (Å²) in [4.78, 5) is 11.4. The van der Waals surface area contributed by atoms with Gasteiger partial charge in [0.25, 0.3) is 0 Å². The number of amides is 1. The van der Waals surface area contributed by atoms with E-state index >= 15 is 0 Å². The van der Waals surface area contributed by atoms with E-state index in [9.17, 15) is 4.79 Å². The molecule has 1 aromatic rings. The summed E-state index contributed by atoms with van der Waals surface area (Å²) in [6.45, 7) is 2.49. The number of aryl methyl sites for hydroxylation is 1. The third-order valence-corrected chi connectivity index (χ3v) is 2.43. The summed E-state index contributed by atoms with van der Waals surface area (Å²) in [5.41, 5.74) is 1.87. The number of anilines is 1. The lowest BCUT2D eigenvalue weighted by Crippen LogP contribution is -2.30. The first-order valence-electron chi connectivity index (χ1n) is 5.27. The fourth-order valence-corrected chi connectivity index (χ4v) is 1.45. The van der Waals surface area contributed by atoms with E-state index in [1.54, 1.807) is 12.1 Å². The molecule has 0 heterocycles. The Morgan fingerprint density at radius 2 is 2.29 bits per heavy atom. The summed E-state index contributed by atoms with van der Waals surface area (Å²) in [6, 6.07) is 7.43. The highest BCUT2D eigenvalue weighted by atomic mass is 35.5. The van der Waals surface area contributed by atoms with Crippen molar-refractivity contribution in [3.63, 3.8) is 0 Å². The Morgan fingerprint density at radius 1 is 1.53 bits per heavy atom. The van der Waals surface area contributed by atoms with Gasteiger partial charge >= 0.3 is 0 Å². The van der Waals surface area contributed by atoms with Crippen LogP contribution in [0.15, 0.2) is 18.2 Å². The van der Waals surface area contributed by atoms with Gasteiger partial charge in [-0.25, -0.2) is 0 Å². The maximum Gasteiger partial charge on any atom is 0.239 e. The molecule has 0 radical (unpaired) electrons. The first-order chi connectivity index (χ1) is 8.13. The third-order valence-electron chi connectivity index (χ3n) is 2.20. The molecule has 90 valence electrons. The number of hydrogen-bond donors (Lipinski definition) is 2. The number of nitrogens with zero attached hydrogens (tertiary/aromatic N) is 1. The van der Waals surface area contributed by atoms with E-state index in [0.29, 0.717) is 18.0 Å². The molecular weight excluding hydrogens is 238 g/mol. The zero-order chi connectivity index (χ0) is 12.7. The fourth-order valence-electron chi connectivity index (χ4n) is 1.28. The van der Waals surface area contributed by atoms with Crippen molar-refractivity contribution in [3.05, 3.63) is 28.8 Å². The van der Waals surface area contributed by atoms with Crippen LogP contribution in [0.3, 0.4) is 0 Å². The van der Waals surface area contributed by atoms with Gasteiger partial charge in [0.15, 0.2) is 0 Å². The first kappa shape index (κ1) is 13.3. The van der Waals surface area contributed by atoms with Crippen molar-refractivity contribution in [3.8, 4) is 6.07 Å². The predicted octanol–water partition coefficient (Wildman–Crippen LogP) is 2.09. The molecule has 2 N–H and O–H groups in total. The van der Waals surface area contributed by atoms with Crippen molar-refractivity contribution >= 4 is 23.2 Å². The molecule has 0 aromatic heterocycles. The summed E-state index contributed by atoms with van der Waals surface area (Å²) in [6.07, 6.45) is 0.321. The van der Waals surface area contributed by atoms with Gasteiger partial charge in [-0.05, 0) is 24.6 Å². The van der Waals surface area contributed by atoms with E-state index in [-0.39, 0.29) is 12.5 Å². The quantitative estimate of drug-likeness (QED) is 0.788. The van der Waals surface area contributed by atoms with Crippen LogP contribution in [0.1, 0.15) is 12.0 Å². The minimum Gasteiger partial charge on any atom is -0.376 e.